The second-order valence-corrected chi connectivity index (χ2v) is 9.36. The minimum atomic E-state index is -0.364. The highest BCUT2D eigenvalue weighted by molar-refractivity contribution is 7.14. The van der Waals surface area contributed by atoms with E-state index in [0.29, 0.717) is 28.7 Å². The summed E-state index contributed by atoms with van der Waals surface area (Å²) < 4.78 is 5.23. The van der Waals surface area contributed by atoms with Crippen LogP contribution >= 0.6 is 11.3 Å². The van der Waals surface area contributed by atoms with E-state index in [1.165, 1.54) is 11.3 Å². The molecule has 0 bridgehead atoms. The third-order valence-electron chi connectivity index (χ3n) is 6.37. The largest absolute Gasteiger partial charge is 0.497 e. The molecule has 9 nitrogen and oxygen atoms in total. The number of methoxy groups -OCH3 is 1. The maximum absolute atomic E-state index is 13.1. The molecule has 2 aliphatic rings. The van der Waals surface area contributed by atoms with Crippen LogP contribution in [0.5, 0.6) is 5.75 Å². The predicted molar refractivity (Wildman–Crippen MR) is 147 cm³/mol. The Morgan fingerprint density at radius 2 is 2.08 bits per heavy atom. The zero-order valence-corrected chi connectivity index (χ0v) is 22.0. The molecule has 190 valence electrons. The molecule has 5 rings (SSSR count). The Labute approximate surface area is 221 Å². The molecule has 0 atom stereocenters. The van der Waals surface area contributed by atoms with Crippen LogP contribution in [0, 0.1) is 11.2 Å². The lowest BCUT2D eigenvalue weighted by Crippen LogP contribution is -2.26. The quantitative estimate of drug-likeness (QED) is 0.487. The van der Waals surface area contributed by atoms with Crippen molar-refractivity contribution in [3.63, 3.8) is 0 Å². The fourth-order valence-electron chi connectivity index (χ4n) is 4.47. The number of nitrogens with zero attached hydrogens (tertiary/aromatic N) is 5. The van der Waals surface area contributed by atoms with Crippen molar-refractivity contribution in [3.05, 3.63) is 58.9 Å². The topological polar surface area (TPSA) is 111 Å². The van der Waals surface area contributed by atoms with Gasteiger partial charge in [-0.2, -0.15) is 0 Å². The number of hydrogen-bond donors (Lipinski definition) is 1. The molecule has 37 heavy (non-hydrogen) atoms. The Morgan fingerprint density at radius 1 is 1.24 bits per heavy atom. The van der Waals surface area contributed by atoms with Crippen LogP contribution < -0.4 is 19.9 Å². The standard InChI is InChI=1S/C24H23BN6O3S.C2H6/c1-34-17-4-3-16-13-31(23(33)18(16)11-17)24-29-20(14-35-24)22(32)28-19-12-27-8-5-21(19)30-9-2-6-25(15-26)7-10-30;1-2/h3-5,8,11-12,14H,2,6-7,9-10,13H2,1H3,(H,28,32);1-2H3. The number of benzene rings is 1. The lowest BCUT2D eigenvalue weighted by atomic mass is 9.46. The number of nitriles is 1. The molecule has 1 aromatic carbocycles. The van der Waals surface area contributed by atoms with Gasteiger partial charge in [0.2, 0.25) is 0 Å². The zero-order chi connectivity index (χ0) is 26.4. The average molecular weight is 516 g/mol. The zero-order valence-electron chi connectivity index (χ0n) is 21.2. The first-order valence-corrected chi connectivity index (χ1v) is 13.3. The molecule has 1 saturated heterocycles. The van der Waals surface area contributed by atoms with Gasteiger partial charge in [0, 0.05) is 36.2 Å². The van der Waals surface area contributed by atoms with Gasteiger partial charge in [-0.25, -0.2) is 10.2 Å². The Kier molecular flexibility index (Phi) is 8.41. The Morgan fingerprint density at radius 3 is 2.86 bits per heavy atom. The molecule has 2 amide bonds. The van der Waals surface area contributed by atoms with Crippen LogP contribution in [0.3, 0.4) is 0 Å². The van der Waals surface area contributed by atoms with Crippen molar-refractivity contribution in [2.75, 3.05) is 35.3 Å². The summed E-state index contributed by atoms with van der Waals surface area (Å²) in [5.41, 5.74) is 3.19. The van der Waals surface area contributed by atoms with Crippen LogP contribution in [0.25, 0.3) is 0 Å². The molecular weight excluding hydrogens is 487 g/mol. The van der Waals surface area contributed by atoms with Gasteiger partial charge in [0.15, 0.2) is 5.13 Å². The van der Waals surface area contributed by atoms with Crippen LogP contribution in [0.4, 0.5) is 16.5 Å². The summed E-state index contributed by atoms with van der Waals surface area (Å²) in [5.74, 6) is 2.47. The Balaban J connectivity index is 0.00000156. The van der Waals surface area contributed by atoms with Crippen molar-refractivity contribution in [3.8, 4) is 11.7 Å². The van der Waals surface area contributed by atoms with Gasteiger partial charge in [-0.1, -0.05) is 26.2 Å². The number of nitrogens with one attached hydrogen (secondary N) is 1. The molecular formula is C26H29BN6O3S. The molecule has 3 aromatic rings. The van der Waals surface area contributed by atoms with Gasteiger partial charge in [-0.05, 0) is 36.5 Å². The second kappa shape index (κ2) is 11.9. The molecule has 2 aromatic heterocycles. The van der Waals surface area contributed by atoms with Crippen molar-refractivity contribution in [2.24, 2.45) is 0 Å². The number of thiazole rings is 1. The van der Waals surface area contributed by atoms with Crippen LogP contribution in [0.2, 0.25) is 12.6 Å². The van der Waals surface area contributed by atoms with Crippen molar-refractivity contribution >= 4 is 46.4 Å². The molecule has 0 aliphatic carbocycles. The summed E-state index contributed by atoms with van der Waals surface area (Å²) in [6, 6.07) is 7.30. The first-order valence-electron chi connectivity index (χ1n) is 12.4. The minimum Gasteiger partial charge on any atom is -0.497 e. The summed E-state index contributed by atoms with van der Waals surface area (Å²) >= 11 is 1.25. The average Bonchev–Trinajstić information content (AvgIpc) is 3.47. The van der Waals surface area contributed by atoms with Gasteiger partial charge >= 0.3 is 0 Å². The number of rotatable bonds is 5. The summed E-state index contributed by atoms with van der Waals surface area (Å²) in [6.45, 7) is 6.02. The number of carbonyl (C=O) groups excluding carboxylic acids is 2. The van der Waals surface area contributed by atoms with Crippen molar-refractivity contribution < 1.29 is 14.3 Å². The normalized spacial score (nSPS) is 14.8. The second-order valence-electron chi connectivity index (χ2n) is 8.52. The number of carbonyl (C=O) groups is 2. The molecule has 11 heteroatoms. The maximum Gasteiger partial charge on any atom is 0.275 e. The maximum atomic E-state index is 13.1. The summed E-state index contributed by atoms with van der Waals surface area (Å²) in [5, 5.41) is 14.3. The van der Waals surface area contributed by atoms with E-state index in [4.69, 9.17) is 4.74 Å². The number of pyridine rings is 1. The van der Waals surface area contributed by atoms with Gasteiger partial charge in [-0.15, -0.1) is 11.3 Å². The van der Waals surface area contributed by atoms with Gasteiger partial charge in [0.1, 0.15) is 11.4 Å². The van der Waals surface area contributed by atoms with Crippen molar-refractivity contribution in [2.45, 2.75) is 39.5 Å². The summed E-state index contributed by atoms with van der Waals surface area (Å²) in [6.07, 6.45) is 5.92. The molecule has 1 N–H and O–H groups in total. The van der Waals surface area contributed by atoms with E-state index < -0.39 is 0 Å². The SMILES string of the molecule is CC.COc1ccc2c(c1)C(=O)N(c1nc(C(=O)Nc3cnccc3N3CCCB(C#N)CC3)cs1)C2. The number of amides is 2. The van der Waals surface area contributed by atoms with Gasteiger partial charge < -0.3 is 15.0 Å². The fraction of sp³-hybridized carbons (Fsp3) is 0.346. The fourth-order valence-corrected chi connectivity index (χ4v) is 5.27. The monoisotopic (exact) mass is 516 g/mol. The van der Waals surface area contributed by atoms with Crippen LogP contribution in [-0.2, 0) is 6.54 Å². The van der Waals surface area contributed by atoms with Crippen molar-refractivity contribution in [1.82, 2.24) is 9.97 Å². The van der Waals surface area contributed by atoms with Gasteiger partial charge in [0.05, 0.1) is 31.2 Å². The first-order chi connectivity index (χ1) is 18.1. The molecule has 0 unspecified atom stereocenters. The van der Waals surface area contributed by atoms with E-state index in [1.54, 1.807) is 35.8 Å². The summed E-state index contributed by atoms with van der Waals surface area (Å²) in [7, 11) is 1.56. The Bertz CT molecular complexity index is 1320. The molecule has 2 aliphatic heterocycles. The predicted octanol–water partition coefficient (Wildman–Crippen LogP) is 4.75. The van der Waals surface area contributed by atoms with Crippen LogP contribution in [-0.4, -0.2) is 48.7 Å². The minimum absolute atomic E-state index is 0.0637. The van der Waals surface area contributed by atoms with Crippen molar-refractivity contribution in [1.29, 1.82) is 5.26 Å². The van der Waals surface area contributed by atoms with E-state index in [0.717, 1.165) is 43.4 Å². The number of aromatic nitrogens is 2. The number of fused-ring (bicyclic) bond motifs is 1. The van der Waals surface area contributed by atoms with Gasteiger partial charge in [-0.3, -0.25) is 19.5 Å². The van der Waals surface area contributed by atoms with E-state index in [9.17, 15) is 14.9 Å². The molecule has 4 heterocycles. The first kappa shape index (κ1) is 26.2. The number of anilines is 3. The highest BCUT2D eigenvalue weighted by atomic mass is 32.1. The van der Waals surface area contributed by atoms with E-state index in [1.807, 2.05) is 32.0 Å². The lowest BCUT2D eigenvalue weighted by molar-refractivity contribution is 0.0991. The molecule has 1 fully saturated rings. The third-order valence-corrected chi connectivity index (χ3v) is 7.24. The lowest BCUT2D eigenvalue weighted by Gasteiger charge is -2.25. The van der Waals surface area contributed by atoms with Crippen LogP contribution in [0.15, 0.2) is 42.0 Å². The smallest absolute Gasteiger partial charge is 0.275 e. The number of ether oxygens (including phenoxy) is 1. The van der Waals surface area contributed by atoms with E-state index in [2.05, 4.69) is 26.2 Å². The molecule has 0 spiro atoms. The molecule has 0 saturated carbocycles. The van der Waals surface area contributed by atoms with E-state index in [-0.39, 0.29) is 24.2 Å². The summed E-state index contributed by atoms with van der Waals surface area (Å²) in [4.78, 5) is 38.4. The van der Waals surface area contributed by atoms with Crippen LogP contribution in [0.1, 0.15) is 46.7 Å². The Hall–Kier alpha value is -3.91. The highest BCUT2D eigenvalue weighted by Gasteiger charge is 2.31. The van der Waals surface area contributed by atoms with Gasteiger partial charge in [0.25, 0.3) is 18.5 Å². The molecule has 0 radical (unpaired) electrons. The van der Waals surface area contributed by atoms with E-state index >= 15 is 0 Å². The number of hydrogen-bond acceptors (Lipinski definition) is 8. The third kappa shape index (κ3) is 5.59. The highest BCUT2D eigenvalue weighted by Crippen LogP contribution is 2.33.